The van der Waals surface area contributed by atoms with Crippen LogP contribution in [0, 0.1) is 0 Å². The minimum Gasteiger partial charge on any atom is -0.0892 e. The molecule has 0 unspecified atom stereocenters. The Morgan fingerprint density at radius 3 is 1.29 bits per heavy atom. The van der Waals surface area contributed by atoms with Gasteiger partial charge in [0.15, 0.2) is 0 Å². The van der Waals surface area contributed by atoms with Gasteiger partial charge in [-0.25, -0.2) is 0 Å². The molecule has 0 aliphatic heterocycles. The first kappa shape index (κ1) is 17.4. The second-order valence-electron chi connectivity index (χ2n) is 6.11. The van der Waals surface area contributed by atoms with E-state index in [0.29, 0.717) is 4.83 Å². The molecule has 0 N–H and O–H groups in total. The van der Waals surface area contributed by atoms with Gasteiger partial charge in [-0.1, -0.05) is 77.5 Å². The van der Waals surface area contributed by atoms with Crippen molar-refractivity contribution in [3.63, 3.8) is 0 Å². The van der Waals surface area contributed by atoms with Crippen LogP contribution in [0.3, 0.4) is 0 Å². The van der Waals surface area contributed by atoms with E-state index in [1.54, 1.807) is 0 Å². The van der Waals surface area contributed by atoms with Crippen LogP contribution in [0.4, 0.5) is 0 Å². The quantitative estimate of drug-likeness (QED) is 0.398. The molecule has 0 saturated carbocycles. The monoisotopic (exact) mass is 397 g/mol. The van der Waals surface area contributed by atoms with Crippen molar-refractivity contribution in [3.8, 4) is 0 Å². The van der Waals surface area contributed by atoms with Gasteiger partial charge in [0.1, 0.15) is 23.2 Å². The predicted octanol–water partition coefficient (Wildman–Crippen LogP) is 5.15. The molecule has 0 bridgehead atoms. The molecule has 3 aromatic rings. The molecular formula is C22H23BrP+. The predicted molar refractivity (Wildman–Crippen MR) is 113 cm³/mol. The van der Waals surface area contributed by atoms with Gasteiger partial charge in [-0.05, 0) is 42.8 Å². The van der Waals surface area contributed by atoms with Gasteiger partial charge in [-0.2, -0.15) is 0 Å². The highest BCUT2D eigenvalue weighted by Crippen LogP contribution is 2.56. The maximum absolute atomic E-state index is 3.76. The molecule has 0 heterocycles. The van der Waals surface area contributed by atoms with Crippen molar-refractivity contribution in [1.29, 1.82) is 0 Å². The Hall–Kier alpha value is -1.43. The Morgan fingerprint density at radius 1 is 0.667 bits per heavy atom. The highest BCUT2D eigenvalue weighted by Gasteiger charge is 2.44. The summed E-state index contributed by atoms with van der Waals surface area (Å²) in [4.78, 5) is 0.521. The number of hydrogen-bond donors (Lipinski definition) is 0. The average molecular weight is 398 g/mol. The zero-order valence-electron chi connectivity index (χ0n) is 14.0. The van der Waals surface area contributed by atoms with Crippen LogP contribution >= 0.6 is 23.2 Å². The third kappa shape index (κ3) is 3.63. The zero-order chi connectivity index (χ0) is 16.8. The van der Waals surface area contributed by atoms with Gasteiger partial charge in [0.05, 0.1) is 6.16 Å². The first-order valence-corrected chi connectivity index (χ1v) is 11.3. The van der Waals surface area contributed by atoms with Crippen LogP contribution < -0.4 is 15.9 Å². The number of hydrogen-bond acceptors (Lipinski definition) is 0. The van der Waals surface area contributed by atoms with E-state index in [4.69, 9.17) is 0 Å². The Labute approximate surface area is 154 Å². The maximum Gasteiger partial charge on any atom is 0.112 e. The topological polar surface area (TPSA) is 0 Å². The molecule has 24 heavy (non-hydrogen) atoms. The van der Waals surface area contributed by atoms with Crippen LogP contribution in [0.2, 0.25) is 0 Å². The van der Waals surface area contributed by atoms with E-state index in [-0.39, 0.29) is 0 Å². The molecule has 0 aliphatic carbocycles. The van der Waals surface area contributed by atoms with E-state index >= 15 is 0 Å². The smallest absolute Gasteiger partial charge is 0.0892 e. The van der Waals surface area contributed by atoms with E-state index in [1.807, 2.05) is 0 Å². The van der Waals surface area contributed by atoms with Crippen molar-refractivity contribution in [2.45, 2.75) is 18.2 Å². The van der Waals surface area contributed by atoms with Gasteiger partial charge in [-0.3, -0.25) is 0 Å². The summed E-state index contributed by atoms with van der Waals surface area (Å²) in [7, 11) is -1.64. The lowest BCUT2D eigenvalue weighted by molar-refractivity contribution is 0.928. The fraction of sp³-hybridized carbons (Fsp3) is 0.182. The van der Waals surface area contributed by atoms with Crippen molar-refractivity contribution in [2.75, 3.05) is 6.16 Å². The first-order chi connectivity index (χ1) is 11.7. The molecule has 0 aromatic heterocycles. The largest absolute Gasteiger partial charge is 0.112 e. The molecule has 0 radical (unpaired) electrons. The molecular weight excluding hydrogens is 375 g/mol. The lowest BCUT2D eigenvalue weighted by Gasteiger charge is -2.28. The Balaban J connectivity index is 2.24. The molecule has 0 aliphatic rings. The standard InChI is InChI=1S/C22H23BrP/c1-19(23)17-18-24(20-11-5-2-6-12-20,21-13-7-3-8-14-21)22-15-9-4-10-16-22/h2-16,19H,17-18H2,1H3/q+1/t19-/m0/s1. The number of rotatable bonds is 6. The molecule has 3 aromatic carbocycles. The van der Waals surface area contributed by atoms with Crippen molar-refractivity contribution in [3.05, 3.63) is 91.0 Å². The van der Waals surface area contributed by atoms with Gasteiger partial charge in [0, 0.05) is 4.83 Å². The summed E-state index contributed by atoms with van der Waals surface area (Å²) in [6.45, 7) is 2.25. The second-order valence-corrected chi connectivity index (χ2v) is 11.3. The SMILES string of the molecule is C[C@H](Br)CC[P+](c1ccccc1)(c1ccccc1)c1ccccc1. The van der Waals surface area contributed by atoms with Gasteiger partial charge < -0.3 is 0 Å². The van der Waals surface area contributed by atoms with Crippen molar-refractivity contribution >= 4 is 39.1 Å². The van der Waals surface area contributed by atoms with Crippen LogP contribution in [-0.2, 0) is 0 Å². The van der Waals surface area contributed by atoms with Gasteiger partial charge >= 0.3 is 0 Å². The van der Waals surface area contributed by atoms with E-state index in [1.165, 1.54) is 22.1 Å². The summed E-state index contributed by atoms with van der Waals surface area (Å²) in [5, 5.41) is 4.40. The summed E-state index contributed by atoms with van der Waals surface area (Å²) in [6.07, 6.45) is 2.34. The minimum atomic E-state index is -1.64. The summed E-state index contributed by atoms with van der Waals surface area (Å²) in [5.74, 6) is 0. The number of halogens is 1. The van der Waals surface area contributed by atoms with Gasteiger partial charge in [0.25, 0.3) is 0 Å². The molecule has 3 rings (SSSR count). The van der Waals surface area contributed by atoms with Crippen molar-refractivity contribution < 1.29 is 0 Å². The van der Waals surface area contributed by atoms with Crippen LogP contribution in [0.15, 0.2) is 91.0 Å². The summed E-state index contributed by atoms with van der Waals surface area (Å²) >= 11 is 3.76. The Kier molecular flexibility index (Phi) is 5.87. The summed E-state index contributed by atoms with van der Waals surface area (Å²) in [6, 6.07) is 33.3. The fourth-order valence-electron chi connectivity index (χ4n) is 3.25. The maximum atomic E-state index is 3.76. The third-order valence-corrected chi connectivity index (χ3v) is 9.38. The van der Waals surface area contributed by atoms with Crippen LogP contribution in [0.1, 0.15) is 13.3 Å². The molecule has 2 heteroatoms. The van der Waals surface area contributed by atoms with E-state index in [2.05, 4.69) is 114 Å². The zero-order valence-corrected chi connectivity index (χ0v) is 16.5. The lowest BCUT2D eigenvalue weighted by atomic mass is 10.3. The molecule has 0 saturated heterocycles. The molecule has 122 valence electrons. The highest BCUT2D eigenvalue weighted by atomic mass is 79.9. The normalized spacial score (nSPS) is 12.8. The average Bonchev–Trinajstić information content (AvgIpc) is 2.65. The van der Waals surface area contributed by atoms with Gasteiger partial charge in [-0.15, -0.1) is 0 Å². The van der Waals surface area contributed by atoms with Crippen LogP contribution in [-0.4, -0.2) is 11.0 Å². The van der Waals surface area contributed by atoms with E-state index in [0.717, 1.165) is 6.42 Å². The highest BCUT2D eigenvalue weighted by molar-refractivity contribution is 9.09. The molecule has 0 fully saturated rings. The summed E-state index contributed by atoms with van der Waals surface area (Å²) in [5.41, 5.74) is 0. The van der Waals surface area contributed by atoms with E-state index < -0.39 is 7.26 Å². The molecule has 0 amide bonds. The van der Waals surface area contributed by atoms with Crippen molar-refractivity contribution in [1.82, 2.24) is 0 Å². The lowest BCUT2D eigenvalue weighted by Crippen LogP contribution is -2.33. The first-order valence-electron chi connectivity index (χ1n) is 8.42. The molecule has 0 spiro atoms. The number of benzene rings is 3. The second kappa shape index (κ2) is 8.10. The molecule has 1 atom stereocenters. The third-order valence-electron chi connectivity index (χ3n) is 4.45. The Bertz CT molecular complexity index is 642. The number of alkyl halides is 1. The van der Waals surface area contributed by atoms with Crippen LogP contribution in [0.25, 0.3) is 0 Å². The summed E-state index contributed by atoms with van der Waals surface area (Å²) < 4.78 is 0. The van der Waals surface area contributed by atoms with Gasteiger partial charge in [0.2, 0.25) is 0 Å². The fourth-order valence-corrected chi connectivity index (χ4v) is 8.32. The van der Waals surface area contributed by atoms with Crippen molar-refractivity contribution in [2.24, 2.45) is 0 Å². The van der Waals surface area contributed by atoms with E-state index in [9.17, 15) is 0 Å². The Morgan fingerprint density at radius 2 is 1.00 bits per heavy atom. The van der Waals surface area contributed by atoms with Crippen LogP contribution in [0.5, 0.6) is 0 Å². The minimum absolute atomic E-state index is 0.521. The molecule has 0 nitrogen and oxygen atoms in total.